The Bertz CT molecular complexity index is 563. The summed E-state index contributed by atoms with van der Waals surface area (Å²) < 4.78 is 15.6. The van der Waals surface area contributed by atoms with Crippen LogP contribution in [0.2, 0.25) is 0 Å². The Hall–Kier alpha value is -2.09. The molecule has 1 aromatic carbocycles. The Balaban J connectivity index is 2.23. The highest BCUT2D eigenvalue weighted by atomic mass is 79.9. The van der Waals surface area contributed by atoms with Crippen molar-refractivity contribution < 1.29 is 28.6 Å². The Kier molecular flexibility index (Phi) is 8.10. The number of nitrogens with one attached hydrogen (secondary N) is 1. The lowest BCUT2D eigenvalue weighted by Crippen LogP contribution is -2.39. The minimum atomic E-state index is -1.08. The molecular formula is C15H18BrNO6. The lowest BCUT2D eigenvalue weighted by molar-refractivity contribution is -0.154. The summed E-state index contributed by atoms with van der Waals surface area (Å²) in [5, 5.41) is 1.92. The van der Waals surface area contributed by atoms with E-state index in [0.717, 1.165) is 11.6 Å². The largest absolute Gasteiger partial charge is 0.494 e. The molecule has 0 spiro atoms. The number of benzene rings is 1. The number of halogens is 1. The van der Waals surface area contributed by atoms with Gasteiger partial charge in [-0.25, -0.2) is 4.79 Å². The van der Waals surface area contributed by atoms with E-state index in [-0.39, 0.29) is 6.42 Å². The lowest BCUT2D eigenvalue weighted by atomic mass is 10.3. The minimum absolute atomic E-state index is 0.101. The second-order valence-electron chi connectivity index (χ2n) is 4.52. The first-order chi connectivity index (χ1) is 10.9. The van der Waals surface area contributed by atoms with Gasteiger partial charge in [-0.2, -0.15) is 0 Å². The molecule has 7 nitrogen and oxygen atoms in total. The number of ether oxygens (including phenoxy) is 3. The van der Waals surface area contributed by atoms with Crippen LogP contribution in [0.15, 0.2) is 28.7 Å². The molecule has 1 atom stereocenters. The van der Waals surface area contributed by atoms with E-state index >= 15 is 0 Å². The van der Waals surface area contributed by atoms with E-state index in [2.05, 4.69) is 20.7 Å². The smallest absolute Gasteiger partial charge is 0.413 e. The van der Waals surface area contributed by atoms with Crippen LogP contribution in [0.5, 0.6) is 5.75 Å². The van der Waals surface area contributed by atoms with Crippen LogP contribution in [-0.2, 0) is 19.1 Å². The van der Waals surface area contributed by atoms with Gasteiger partial charge in [0.25, 0.3) is 5.91 Å². The molecule has 0 bridgehead atoms. The van der Waals surface area contributed by atoms with Crippen molar-refractivity contribution in [2.45, 2.75) is 25.9 Å². The Morgan fingerprint density at radius 1 is 1.30 bits per heavy atom. The fraction of sp³-hybridized carbons (Fsp3) is 0.400. The molecule has 1 N–H and O–H groups in total. The minimum Gasteiger partial charge on any atom is -0.494 e. The molecule has 1 aromatic rings. The van der Waals surface area contributed by atoms with E-state index in [0.29, 0.717) is 18.8 Å². The molecule has 1 rings (SSSR count). The molecule has 0 saturated heterocycles. The number of rotatable bonds is 7. The zero-order valence-corrected chi connectivity index (χ0v) is 14.4. The second-order valence-corrected chi connectivity index (χ2v) is 5.44. The molecule has 0 aromatic heterocycles. The number of carbonyl (C=O) groups is 3. The van der Waals surface area contributed by atoms with Gasteiger partial charge < -0.3 is 14.2 Å². The summed E-state index contributed by atoms with van der Waals surface area (Å²) in [6.07, 6.45) is -1.44. The highest BCUT2D eigenvalue weighted by Gasteiger charge is 2.19. The molecule has 126 valence electrons. The quantitative estimate of drug-likeness (QED) is 0.570. The van der Waals surface area contributed by atoms with Crippen LogP contribution in [0.1, 0.15) is 19.8 Å². The van der Waals surface area contributed by atoms with Crippen LogP contribution in [0.25, 0.3) is 0 Å². The molecule has 8 heteroatoms. The molecule has 0 heterocycles. The molecule has 0 aliphatic carbocycles. The molecule has 0 unspecified atom stereocenters. The van der Waals surface area contributed by atoms with E-state index in [1.165, 1.54) is 6.92 Å². The number of hydrogen-bond acceptors (Lipinski definition) is 6. The van der Waals surface area contributed by atoms with Gasteiger partial charge in [-0.05, 0) is 31.5 Å². The first-order valence-corrected chi connectivity index (χ1v) is 7.68. The van der Waals surface area contributed by atoms with Crippen molar-refractivity contribution in [3.63, 3.8) is 0 Å². The predicted molar refractivity (Wildman–Crippen MR) is 85.0 cm³/mol. The first-order valence-electron chi connectivity index (χ1n) is 6.89. The summed E-state index contributed by atoms with van der Waals surface area (Å²) in [4.78, 5) is 33.9. The van der Waals surface area contributed by atoms with Gasteiger partial charge >= 0.3 is 12.1 Å². The standard InChI is InChI=1S/C15H18BrNO6/c1-10(14(19)17-15(20)21-2)23-13(18)7-4-8-22-12-6-3-5-11(16)9-12/h3,5-6,9-10H,4,7-8H2,1-2H3,(H,17,19,20)/t10-/m0/s1. The fourth-order valence-corrected chi connectivity index (χ4v) is 1.90. The maximum Gasteiger partial charge on any atom is 0.413 e. The van der Waals surface area contributed by atoms with E-state index in [4.69, 9.17) is 9.47 Å². The van der Waals surface area contributed by atoms with Gasteiger partial charge in [0.15, 0.2) is 6.10 Å². The summed E-state index contributed by atoms with van der Waals surface area (Å²) in [7, 11) is 1.13. The molecular weight excluding hydrogens is 370 g/mol. The Morgan fingerprint density at radius 3 is 2.70 bits per heavy atom. The second kappa shape index (κ2) is 9.83. The van der Waals surface area contributed by atoms with Gasteiger partial charge in [0.2, 0.25) is 0 Å². The maximum atomic E-state index is 11.6. The maximum absolute atomic E-state index is 11.6. The van der Waals surface area contributed by atoms with Gasteiger partial charge in [0, 0.05) is 10.9 Å². The van der Waals surface area contributed by atoms with Crippen molar-refractivity contribution in [1.29, 1.82) is 0 Å². The monoisotopic (exact) mass is 387 g/mol. The fourth-order valence-electron chi connectivity index (χ4n) is 1.53. The SMILES string of the molecule is COC(=O)NC(=O)[C@H](C)OC(=O)CCCOc1cccc(Br)c1. The van der Waals surface area contributed by atoms with Crippen molar-refractivity contribution >= 4 is 33.9 Å². The topological polar surface area (TPSA) is 90.9 Å². The van der Waals surface area contributed by atoms with E-state index in [9.17, 15) is 14.4 Å². The third-order valence-corrected chi connectivity index (χ3v) is 3.17. The number of imide groups is 1. The molecule has 23 heavy (non-hydrogen) atoms. The summed E-state index contributed by atoms with van der Waals surface area (Å²) in [6.45, 7) is 1.71. The van der Waals surface area contributed by atoms with E-state index < -0.39 is 24.1 Å². The predicted octanol–water partition coefficient (Wildman–Crippen LogP) is 2.42. The van der Waals surface area contributed by atoms with Gasteiger partial charge in [0.05, 0.1) is 13.7 Å². The zero-order chi connectivity index (χ0) is 17.2. The molecule has 0 radical (unpaired) electrons. The van der Waals surface area contributed by atoms with Crippen molar-refractivity contribution in [1.82, 2.24) is 5.32 Å². The summed E-state index contributed by atoms with van der Waals surface area (Å²) >= 11 is 3.33. The van der Waals surface area contributed by atoms with Crippen LogP contribution in [0, 0.1) is 0 Å². The Morgan fingerprint density at radius 2 is 2.04 bits per heavy atom. The van der Waals surface area contributed by atoms with Gasteiger partial charge in [-0.15, -0.1) is 0 Å². The molecule has 0 fully saturated rings. The van der Waals surface area contributed by atoms with E-state index in [1.54, 1.807) is 0 Å². The van der Waals surface area contributed by atoms with Crippen molar-refractivity contribution in [2.75, 3.05) is 13.7 Å². The highest BCUT2D eigenvalue weighted by molar-refractivity contribution is 9.10. The number of amides is 2. The summed E-state index contributed by atoms with van der Waals surface area (Å²) in [5.41, 5.74) is 0. The summed E-state index contributed by atoms with van der Waals surface area (Å²) in [6, 6.07) is 7.35. The van der Waals surface area contributed by atoms with Crippen molar-refractivity contribution in [3.05, 3.63) is 28.7 Å². The number of methoxy groups -OCH3 is 1. The lowest BCUT2D eigenvalue weighted by Gasteiger charge is -2.12. The van der Waals surface area contributed by atoms with Crippen molar-refractivity contribution in [2.24, 2.45) is 0 Å². The van der Waals surface area contributed by atoms with E-state index in [1.807, 2.05) is 29.6 Å². The number of hydrogen-bond donors (Lipinski definition) is 1. The van der Waals surface area contributed by atoms with Crippen LogP contribution in [-0.4, -0.2) is 37.8 Å². The normalized spacial score (nSPS) is 11.3. The van der Waals surface area contributed by atoms with Gasteiger partial charge in [-0.1, -0.05) is 22.0 Å². The van der Waals surface area contributed by atoms with Crippen LogP contribution in [0.4, 0.5) is 4.79 Å². The average Bonchev–Trinajstić information content (AvgIpc) is 2.51. The Labute approximate surface area is 142 Å². The van der Waals surface area contributed by atoms with Crippen molar-refractivity contribution in [3.8, 4) is 5.75 Å². The summed E-state index contributed by atoms with van der Waals surface area (Å²) in [5.74, 6) is -0.593. The number of alkyl carbamates (subject to hydrolysis) is 1. The third-order valence-electron chi connectivity index (χ3n) is 2.68. The zero-order valence-electron chi connectivity index (χ0n) is 12.8. The number of esters is 1. The van der Waals surface area contributed by atoms with Gasteiger partial charge in [-0.3, -0.25) is 14.9 Å². The molecule has 0 saturated carbocycles. The van der Waals surface area contributed by atoms with Crippen LogP contribution < -0.4 is 10.1 Å². The number of carbonyl (C=O) groups excluding carboxylic acids is 3. The van der Waals surface area contributed by atoms with Crippen LogP contribution in [0.3, 0.4) is 0 Å². The average molecular weight is 388 g/mol. The van der Waals surface area contributed by atoms with Crippen LogP contribution >= 0.6 is 15.9 Å². The molecule has 2 amide bonds. The third kappa shape index (κ3) is 7.64. The first kappa shape index (κ1) is 19.0. The van der Waals surface area contributed by atoms with Gasteiger partial charge in [0.1, 0.15) is 5.75 Å². The highest BCUT2D eigenvalue weighted by Crippen LogP contribution is 2.17. The molecule has 0 aliphatic heterocycles. The molecule has 0 aliphatic rings.